The van der Waals surface area contributed by atoms with Crippen LogP contribution >= 0.6 is 0 Å². The van der Waals surface area contributed by atoms with E-state index in [-0.39, 0.29) is 6.54 Å². The fourth-order valence-corrected chi connectivity index (χ4v) is 2.91. The molecule has 7 nitrogen and oxygen atoms in total. The van der Waals surface area contributed by atoms with Crippen LogP contribution in [0.5, 0.6) is 0 Å². The molecule has 2 rings (SSSR count). The maximum atomic E-state index is 11.7. The van der Waals surface area contributed by atoms with Crippen LogP contribution in [-0.2, 0) is 16.8 Å². The Balaban J connectivity index is 1.91. The molecule has 0 aromatic carbocycles. The van der Waals surface area contributed by atoms with Gasteiger partial charge in [-0.1, -0.05) is 13.0 Å². The number of piperazine rings is 1. The second-order valence-corrected chi connectivity index (χ2v) is 7.52. The molecule has 1 aliphatic rings. The van der Waals surface area contributed by atoms with Crippen LogP contribution in [0.15, 0.2) is 18.3 Å². The van der Waals surface area contributed by atoms with Gasteiger partial charge in [0, 0.05) is 53.0 Å². The van der Waals surface area contributed by atoms with Gasteiger partial charge in [-0.25, -0.2) is 4.98 Å². The number of rotatable bonds is 6. The molecular weight excluding hydrogens is 302 g/mol. The summed E-state index contributed by atoms with van der Waals surface area (Å²) < 4.78 is 27.0. The average Bonchev–Trinajstić information content (AvgIpc) is 2.53. The number of nitrogens with one attached hydrogen (secondary N) is 1. The zero-order valence-corrected chi connectivity index (χ0v) is 14.3. The van der Waals surface area contributed by atoms with Crippen LogP contribution in [0, 0.1) is 0 Å². The van der Waals surface area contributed by atoms with E-state index < -0.39 is 10.2 Å². The first-order chi connectivity index (χ1) is 10.4. The van der Waals surface area contributed by atoms with Gasteiger partial charge in [0.15, 0.2) is 0 Å². The van der Waals surface area contributed by atoms with Crippen molar-refractivity contribution in [2.24, 2.45) is 0 Å². The Bertz CT molecular complexity index is 565. The molecule has 0 radical (unpaired) electrons. The van der Waals surface area contributed by atoms with Crippen molar-refractivity contribution in [3.63, 3.8) is 0 Å². The van der Waals surface area contributed by atoms with E-state index in [1.807, 2.05) is 12.1 Å². The smallest absolute Gasteiger partial charge is 0.279 e. The van der Waals surface area contributed by atoms with E-state index in [9.17, 15) is 8.42 Å². The molecule has 1 N–H and O–H groups in total. The summed E-state index contributed by atoms with van der Waals surface area (Å²) in [5.41, 5.74) is 0.848. The summed E-state index contributed by atoms with van der Waals surface area (Å²) >= 11 is 0. The lowest BCUT2D eigenvalue weighted by atomic mass is 10.2. The quantitative estimate of drug-likeness (QED) is 0.804. The van der Waals surface area contributed by atoms with Crippen molar-refractivity contribution in [2.45, 2.75) is 13.5 Å². The van der Waals surface area contributed by atoms with Crippen molar-refractivity contribution in [2.75, 3.05) is 51.7 Å². The summed E-state index contributed by atoms with van der Waals surface area (Å²) in [7, 11) is -0.397. The molecule has 0 spiro atoms. The van der Waals surface area contributed by atoms with Gasteiger partial charge in [-0.2, -0.15) is 17.4 Å². The van der Waals surface area contributed by atoms with Gasteiger partial charge in [0.2, 0.25) is 0 Å². The standard InChI is InChI=1S/C14H25N5O2S/c1-4-18-7-9-19(10-8-18)14-6-5-13(11-15-14)12-16-22(20,21)17(2)3/h5-6,11,16H,4,7-10,12H2,1-3H3. The molecule has 0 bridgehead atoms. The highest BCUT2D eigenvalue weighted by molar-refractivity contribution is 7.87. The summed E-state index contributed by atoms with van der Waals surface area (Å²) in [5, 5.41) is 0. The van der Waals surface area contributed by atoms with Crippen LogP contribution in [0.4, 0.5) is 5.82 Å². The van der Waals surface area contributed by atoms with Gasteiger partial charge in [0.25, 0.3) is 10.2 Å². The third kappa shape index (κ3) is 4.39. The van der Waals surface area contributed by atoms with E-state index in [1.165, 1.54) is 14.1 Å². The third-order valence-electron chi connectivity index (χ3n) is 3.89. The molecule has 1 saturated heterocycles. The highest BCUT2D eigenvalue weighted by atomic mass is 32.2. The number of hydrogen-bond donors (Lipinski definition) is 1. The number of pyridine rings is 1. The summed E-state index contributed by atoms with van der Waals surface area (Å²) in [5.74, 6) is 0.954. The van der Waals surface area contributed by atoms with Crippen molar-refractivity contribution in [1.82, 2.24) is 18.9 Å². The highest BCUT2D eigenvalue weighted by Crippen LogP contribution is 2.14. The second-order valence-electron chi connectivity index (χ2n) is 5.55. The molecule has 1 aromatic heterocycles. The normalized spacial score (nSPS) is 17.2. The molecule has 0 saturated carbocycles. The summed E-state index contributed by atoms with van der Waals surface area (Å²) in [6.07, 6.45) is 1.74. The molecule has 2 heterocycles. The maximum Gasteiger partial charge on any atom is 0.279 e. The van der Waals surface area contributed by atoms with E-state index in [0.717, 1.165) is 48.4 Å². The van der Waals surface area contributed by atoms with Crippen LogP contribution in [0.1, 0.15) is 12.5 Å². The van der Waals surface area contributed by atoms with Gasteiger partial charge in [0.1, 0.15) is 5.82 Å². The van der Waals surface area contributed by atoms with Crippen molar-refractivity contribution in [3.05, 3.63) is 23.9 Å². The van der Waals surface area contributed by atoms with Crippen LogP contribution < -0.4 is 9.62 Å². The zero-order valence-electron chi connectivity index (χ0n) is 13.5. The molecular formula is C14H25N5O2S. The number of aromatic nitrogens is 1. The van der Waals surface area contributed by atoms with Crippen LogP contribution in [0.3, 0.4) is 0 Å². The zero-order chi connectivity index (χ0) is 16.2. The number of nitrogens with zero attached hydrogens (tertiary/aromatic N) is 4. The molecule has 0 amide bonds. The van der Waals surface area contributed by atoms with Gasteiger partial charge in [-0.15, -0.1) is 0 Å². The van der Waals surface area contributed by atoms with Gasteiger partial charge in [0.05, 0.1) is 0 Å². The van der Waals surface area contributed by atoms with E-state index in [0.29, 0.717) is 0 Å². The lowest BCUT2D eigenvalue weighted by Gasteiger charge is -2.34. The maximum absolute atomic E-state index is 11.7. The van der Waals surface area contributed by atoms with Crippen LogP contribution in [-0.4, -0.2) is 69.4 Å². The largest absolute Gasteiger partial charge is 0.354 e. The highest BCUT2D eigenvalue weighted by Gasteiger charge is 2.17. The van der Waals surface area contributed by atoms with Crippen molar-refractivity contribution in [3.8, 4) is 0 Å². The molecule has 1 fully saturated rings. The summed E-state index contributed by atoms with van der Waals surface area (Å²) in [4.78, 5) is 9.14. The Morgan fingerprint density at radius 3 is 2.41 bits per heavy atom. The van der Waals surface area contributed by atoms with Crippen molar-refractivity contribution < 1.29 is 8.42 Å². The van der Waals surface area contributed by atoms with E-state index >= 15 is 0 Å². The van der Waals surface area contributed by atoms with Gasteiger partial charge < -0.3 is 9.80 Å². The fourth-order valence-electron chi connectivity index (χ4n) is 2.31. The Kier molecular flexibility index (Phi) is 5.74. The number of anilines is 1. The van der Waals surface area contributed by atoms with E-state index in [1.54, 1.807) is 6.20 Å². The Morgan fingerprint density at radius 2 is 1.91 bits per heavy atom. The lowest BCUT2D eigenvalue weighted by molar-refractivity contribution is 0.270. The summed E-state index contributed by atoms with van der Waals surface area (Å²) in [6.45, 7) is 7.59. The first kappa shape index (κ1) is 17.1. The first-order valence-electron chi connectivity index (χ1n) is 7.51. The van der Waals surface area contributed by atoms with Crippen LogP contribution in [0.2, 0.25) is 0 Å². The second kappa shape index (κ2) is 7.36. The minimum Gasteiger partial charge on any atom is -0.354 e. The van der Waals surface area contributed by atoms with Crippen molar-refractivity contribution in [1.29, 1.82) is 0 Å². The predicted molar refractivity (Wildman–Crippen MR) is 88.0 cm³/mol. The predicted octanol–water partition coefficient (Wildman–Crippen LogP) is 0.120. The lowest BCUT2D eigenvalue weighted by Crippen LogP contribution is -2.46. The molecule has 1 aromatic rings. The molecule has 1 aliphatic heterocycles. The fraction of sp³-hybridized carbons (Fsp3) is 0.643. The molecule has 0 aliphatic carbocycles. The first-order valence-corrected chi connectivity index (χ1v) is 8.95. The SMILES string of the molecule is CCN1CCN(c2ccc(CNS(=O)(=O)N(C)C)cn2)CC1. The number of likely N-dealkylation sites (N-methyl/N-ethyl adjacent to an activating group) is 1. The Labute approximate surface area is 133 Å². The molecule has 0 atom stereocenters. The minimum absolute atomic E-state index is 0.247. The van der Waals surface area contributed by atoms with E-state index in [4.69, 9.17) is 0 Å². The molecule has 0 unspecified atom stereocenters. The molecule has 8 heteroatoms. The molecule has 22 heavy (non-hydrogen) atoms. The Hall–Kier alpha value is -1.22. The third-order valence-corrected chi connectivity index (χ3v) is 5.36. The van der Waals surface area contributed by atoms with Crippen molar-refractivity contribution >= 4 is 16.0 Å². The Morgan fingerprint density at radius 1 is 1.23 bits per heavy atom. The number of hydrogen-bond acceptors (Lipinski definition) is 5. The van der Waals surface area contributed by atoms with Gasteiger partial charge in [-0.3, -0.25) is 0 Å². The topological polar surface area (TPSA) is 68.8 Å². The van der Waals surface area contributed by atoms with Gasteiger partial charge >= 0.3 is 0 Å². The van der Waals surface area contributed by atoms with Crippen LogP contribution in [0.25, 0.3) is 0 Å². The van der Waals surface area contributed by atoms with E-state index in [2.05, 4.69) is 26.4 Å². The monoisotopic (exact) mass is 327 g/mol. The summed E-state index contributed by atoms with van der Waals surface area (Å²) in [6, 6.07) is 3.88. The van der Waals surface area contributed by atoms with Gasteiger partial charge in [-0.05, 0) is 18.2 Å². The average molecular weight is 327 g/mol. The molecule has 124 valence electrons. The minimum atomic E-state index is -3.40.